The van der Waals surface area contributed by atoms with Crippen LogP contribution in [0.3, 0.4) is 0 Å². The van der Waals surface area contributed by atoms with Crippen LogP contribution in [0.1, 0.15) is 47.0 Å². The van der Waals surface area contributed by atoms with Crippen LogP contribution in [-0.2, 0) is 0 Å². The number of thioether (sulfide) groups is 1. The molecular weight excluding hydrogens is 190 g/mol. The van der Waals surface area contributed by atoms with E-state index in [1.165, 1.54) is 31.6 Å². The van der Waals surface area contributed by atoms with Crippen molar-refractivity contribution in [1.29, 1.82) is 0 Å². The van der Waals surface area contributed by atoms with E-state index in [4.69, 9.17) is 0 Å². The largest absolute Gasteiger partial charge is 0.312 e. The number of rotatable bonds is 4. The molecule has 0 amide bonds. The average molecular weight is 215 g/mol. The van der Waals surface area contributed by atoms with Crippen molar-refractivity contribution in [3.05, 3.63) is 0 Å². The summed E-state index contributed by atoms with van der Waals surface area (Å²) in [4.78, 5) is 0. The van der Waals surface area contributed by atoms with Crippen molar-refractivity contribution in [2.45, 2.75) is 58.2 Å². The zero-order chi connectivity index (χ0) is 10.6. The summed E-state index contributed by atoms with van der Waals surface area (Å²) in [6.45, 7) is 10.5. The molecule has 1 rings (SSSR count). The molecule has 0 saturated carbocycles. The summed E-state index contributed by atoms with van der Waals surface area (Å²) in [5, 5.41) is 4.54. The van der Waals surface area contributed by atoms with Gasteiger partial charge in [0.2, 0.25) is 0 Å². The van der Waals surface area contributed by atoms with E-state index in [1.807, 2.05) is 0 Å². The predicted molar refractivity (Wildman–Crippen MR) is 67.0 cm³/mol. The minimum Gasteiger partial charge on any atom is -0.312 e. The summed E-state index contributed by atoms with van der Waals surface area (Å²) >= 11 is 2.12. The molecule has 0 aromatic heterocycles. The summed E-state index contributed by atoms with van der Waals surface area (Å²) in [6, 6.07) is 0.750. The standard InChI is InChI=1S/C12H25NS/c1-5-12(3,4)9-13-11-7-6-8-14-10(11)2/h10-11,13H,5-9H2,1-4H3. The highest BCUT2D eigenvalue weighted by Crippen LogP contribution is 2.26. The Balaban J connectivity index is 2.29. The molecule has 1 nitrogen and oxygen atoms in total. The van der Waals surface area contributed by atoms with E-state index in [-0.39, 0.29) is 0 Å². The molecule has 0 bridgehead atoms. The van der Waals surface area contributed by atoms with Crippen LogP contribution in [0, 0.1) is 5.41 Å². The summed E-state index contributed by atoms with van der Waals surface area (Å²) in [5.74, 6) is 1.36. The highest BCUT2D eigenvalue weighted by molar-refractivity contribution is 7.99. The number of nitrogens with one attached hydrogen (secondary N) is 1. The lowest BCUT2D eigenvalue weighted by Crippen LogP contribution is -2.43. The molecule has 0 aliphatic carbocycles. The maximum absolute atomic E-state index is 3.74. The van der Waals surface area contributed by atoms with Gasteiger partial charge in [0.25, 0.3) is 0 Å². The van der Waals surface area contributed by atoms with Crippen molar-refractivity contribution < 1.29 is 0 Å². The van der Waals surface area contributed by atoms with Crippen LogP contribution in [0.4, 0.5) is 0 Å². The van der Waals surface area contributed by atoms with Gasteiger partial charge in [0.15, 0.2) is 0 Å². The van der Waals surface area contributed by atoms with Gasteiger partial charge < -0.3 is 5.32 Å². The molecule has 1 aliphatic heterocycles. The van der Waals surface area contributed by atoms with Crippen LogP contribution in [0.25, 0.3) is 0 Å². The third-order valence-electron chi connectivity index (χ3n) is 3.41. The normalized spacial score (nSPS) is 29.1. The Morgan fingerprint density at radius 2 is 2.14 bits per heavy atom. The fourth-order valence-electron chi connectivity index (χ4n) is 1.72. The molecule has 1 heterocycles. The first kappa shape index (κ1) is 12.4. The van der Waals surface area contributed by atoms with E-state index in [2.05, 4.69) is 44.8 Å². The van der Waals surface area contributed by atoms with Gasteiger partial charge in [-0.3, -0.25) is 0 Å². The maximum atomic E-state index is 3.74. The highest BCUT2D eigenvalue weighted by atomic mass is 32.2. The van der Waals surface area contributed by atoms with Crippen molar-refractivity contribution in [2.24, 2.45) is 5.41 Å². The molecule has 2 heteroatoms. The molecule has 0 aromatic rings. The van der Waals surface area contributed by atoms with Gasteiger partial charge in [-0.15, -0.1) is 0 Å². The number of hydrogen-bond acceptors (Lipinski definition) is 2. The van der Waals surface area contributed by atoms with E-state index >= 15 is 0 Å². The number of hydrogen-bond donors (Lipinski definition) is 1. The molecule has 1 N–H and O–H groups in total. The smallest absolute Gasteiger partial charge is 0.0184 e. The minimum atomic E-state index is 0.460. The van der Waals surface area contributed by atoms with Crippen molar-refractivity contribution in [2.75, 3.05) is 12.3 Å². The van der Waals surface area contributed by atoms with E-state index in [0.29, 0.717) is 5.41 Å². The van der Waals surface area contributed by atoms with Crippen LogP contribution in [0.15, 0.2) is 0 Å². The van der Waals surface area contributed by atoms with Gasteiger partial charge in [0, 0.05) is 17.8 Å². The summed E-state index contributed by atoms with van der Waals surface area (Å²) in [7, 11) is 0. The van der Waals surface area contributed by atoms with Crippen LogP contribution in [0.5, 0.6) is 0 Å². The van der Waals surface area contributed by atoms with Crippen molar-refractivity contribution in [1.82, 2.24) is 5.32 Å². The lowest BCUT2D eigenvalue weighted by molar-refractivity contribution is 0.300. The SMILES string of the molecule is CCC(C)(C)CNC1CCCSC1C. The molecule has 1 aliphatic rings. The third kappa shape index (κ3) is 3.82. The molecule has 2 unspecified atom stereocenters. The lowest BCUT2D eigenvalue weighted by Gasteiger charge is -2.33. The molecule has 1 saturated heterocycles. The van der Waals surface area contributed by atoms with Crippen LogP contribution in [-0.4, -0.2) is 23.6 Å². The highest BCUT2D eigenvalue weighted by Gasteiger charge is 2.23. The molecule has 0 radical (unpaired) electrons. The minimum absolute atomic E-state index is 0.460. The summed E-state index contributed by atoms with van der Waals surface area (Å²) < 4.78 is 0. The van der Waals surface area contributed by atoms with Crippen molar-refractivity contribution in [3.63, 3.8) is 0 Å². The Labute approximate surface area is 93.4 Å². The predicted octanol–water partition coefficient (Wildman–Crippen LogP) is 3.30. The Morgan fingerprint density at radius 1 is 1.43 bits per heavy atom. The monoisotopic (exact) mass is 215 g/mol. The zero-order valence-electron chi connectivity index (χ0n) is 10.1. The van der Waals surface area contributed by atoms with Crippen LogP contribution >= 0.6 is 11.8 Å². The summed E-state index contributed by atoms with van der Waals surface area (Å²) in [5.41, 5.74) is 0.460. The third-order valence-corrected chi connectivity index (χ3v) is 4.79. The van der Waals surface area contributed by atoms with Gasteiger partial charge >= 0.3 is 0 Å². The molecule has 1 fully saturated rings. The Hall–Kier alpha value is 0.310. The van der Waals surface area contributed by atoms with Crippen molar-refractivity contribution in [3.8, 4) is 0 Å². The Bertz CT molecular complexity index is 168. The Morgan fingerprint density at radius 3 is 2.71 bits per heavy atom. The van der Waals surface area contributed by atoms with Gasteiger partial charge in [-0.05, 0) is 30.4 Å². The first-order valence-electron chi connectivity index (χ1n) is 5.90. The molecule has 0 spiro atoms. The Kier molecular flexibility index (Phi) is 4.78. The average Bonchev–Trinajstić information content (AvgIpc) is 2.17. The van der Waals surface area contributed by atoms with Gasteiger partial charge in [-0.1, -0.05) is 27.7 Å². The molecule has 84 valence electrons. The van der Waals surface area contributed by atoms with Crippen molar-refractivity contribution >= 4 is 11.8 Å². The molecular formula is C12H25NS. The fraction of sp³-hybridized carbons (Fsp3) is 1.00. The fourth-order valence-corrected chi connectivity index (χ4v) is 2.89. The molecule has 2 atom stereocenters. The lowest BCUT2D eigenvalue weighted by atomic mass is 9.90. The second-order valence-electron chi connectivity index (χ2n) is 5.22. The van der Waals surface area contributed by atoms with E-state index in [9.17, 15) is 0 Å². The topological polar surface area (TPSA) is 12.0 Å². The van der Waals surface area contributed by atoms with Crippen LogP contribution < -0.4 is 5.32 Å². The van der Waals surface area contributed by atoms with E-state index in [0.717, 1.165) is 11.3 Å². The molecule has 14 heavy (non-hydrogen) atoms. The first-order valence-corrected chi connectivity index (χ1v) is 6.95. The van der Waals surface area contributed by atoms with E-state index in [1.54, 1.807) is 0 Å². The second-order valence-corrected chi connectivity index (χ2v) is 6.71. The van der Waals surface area contributed by atoms with Gasteiger partial charge in [-0.25, -0.2) is 0 Å². The van der Waals surface area contributed by atoms with Gasteiger partial charge in [0.1, 0.15) is 0 Å². The van der Waals surface area contributed by atoms with Gasteiger partial charge in [0.05, 0.1) is 0 Å². The summed E-state index contributed by atoms with van der Waals surface area (Å²) in [6.07, 6.45) is 4.02. The maximum Gasteiger partial charge on any atom is 0.0184 e. The van der Waals surface area contributed by atoms with Gasteiger partial charge in [-0.2, -0.15) is 11.8 Å². The second kappa shape index (κ2) is 5.41. The quantitative estimate of drug-likeness (QED) is 0.772. The van der Waals surface area contributed by atoms with Crippen LogP contribution in [0.2, 0.25) is 0 Å². The first-order chi connectivity index (χ1) is 6.55. The zero-order valence-corrected chi connectivity index (χ0v) is 10.9. The van der Waals surface area contributed by atoms with E-state index < -0.39 is 0 Å². The molecule has 0 aromatic carbocycles.